The van der Waals surface area contributed by atoms with Crippen molar-refractivity contribution >= 4 is 5.82 Å². The first kappa shape index (κ1) is 14.7. The zero-order chi connectivity index (χ0) is 14.5. The van der Waals surface area contributed by atoms with Crippen molar-refractivity contribution in [2.24, 2.45) is 11.7 Å². The molecule has 5 heteroatoms. The fraction of sp³-hybridized carbons (Fsp3) is 0.667. The SMILES string of the molecule is CCc1nnc(NC2CCCC2CN)c(C#N)c1CC. The number of nitriles is 1. The van der Waals surface area contributed by atoms with Gasteiger partial charge >= 0.3 is 0 Å². The molecule has 1 aliphatic carbocycles. The first-order chi connectivity index (χ1) is 9.74. The molecule has 5 nitrogen and oxygen atoms in total. The highest BCUT2D eigenvalue weighted by atomic mass is 15.2. The predicted molar refractivity (Wildman–Crippen MR) is 79.3 cm³/mol. The number of anilines is 1. The van der Waals surface area contributed by atoms with Crippen LogP contribution in [-0.4, -0.2) is 22.8 Å². The Morgan fingerprint density at radius 1 is 1.30 bits per heavy atom. The predicted octanol–water partition coefficient (Wildman–Crippen LogP) is 2.01. The number of nitrogens with two attached hydrogens (primary N) is 1. The molecule has 1 fully saturated rings. The van der Waals surface area contributed by atoms with Gasteiger partial charge in [-0.15, -0.1) is 5.10 Å². The van der Waals surface area contributed by atoms with Crippen LogP contribution in [0.1, 0.15) is 49.9 Å². The van der Waals surface area contributed by atoms with Crippen LogP contribution in [0.2, 0.25) is 0 Å². The van der Waals surface area contributed by atoms with Crippen molar-refractivity contribution in [1.82, 2.24) is 10.2 Å². The highest BCUT2D eigenvalue weighted by Crippen LogP contribution is 2.29. The summed E-state index contributed by atoms with van der Waals surface area (Å²) >= 11 is 0. The van der Waals surface area contributed by atoms with Crippen LogP contribution < -0.4 is 11.1 Å². The highest BCUT2D eigenvalue weighted by molar-refractivity contribution is 5.57. The van der Waals surface area contributed by atoms with Gasteiger partial charge in [0.2, 0.25) is 0 Å². The van der Waals surface area contributed by atoms with Crippen molar-refractivity contribution in [2.75, 3.05) is 11.9 Å². The minimum Gasteiger partial charge on any atom is -0.364 e. The lowest BCUT2D eigenvalue weighted by Crippen LogP contribution is -2.30. The Labute approximate surface area is 120 Å². The summed E-state index contributed by atoms with van der Waals surface area (Å²) in [6.45, 7) is 4.78. The molecule has 0 spiro atoms. The largest absolute Gasteiger partial charge is 0.364 e. The lowest BCUT2D eigenvalue weighted by Gasteiger charge is -2.21. The number of rotatable bonds is 5. The molecule has 1 heterocycles. The van der Waals surface area contributed by atoms with Gasteiger partial charge in [-0.1, -0.05) is 20.3 Å². The first-order valence-electron chi connectivity index (χ1n) is 7.50. The topological polar surface area (TPSA) is 87.6 Å². The molecule has 0 amide bonds. The third-order valence-corrected chi connectivity index (χ3v) is 4.24. The average Bonchev–Trinajstić information content (AvgIpc) is 2.93. The molecule has 1 aromatic heterocycles. The normalized spacial score (nSPS) is 21.7. The van der Waals surface area contributed by atoms with E-state index >= 15 is 0 Å². The quantitative estimate of drug-likeness (QED) is 0.857. The number of aryl methyl sites for hydroxylation is 1. The minimum atomic E-state index is 0.318. The van der Waals surface area contributed by atoms with Crippen LogP contribution >= 0.6 is 0 Å². The first-order valence-corrected chi connectivity index (χ1v) is 7.50. The molecule has 108 valence electrons. The fourth-order valence-corrected chi connectivity index (χ4v) is 3.08. The van der Waals surface area contributed by atoms with Crippen LogP contribution in [0.15, 0.2) is 0 Å². The number of nitrogens with zero attached hydrogens (tertiary/aromatic N) is 3. The van der Waals surface area contributed by atoms with Crippen molar-refractivity contribution < 1.29 is 0 Å². The second kappa shape index (κ2) is 6.67. The summed E-state index contributed by atoms with van der Waals surface area (Å²) in [4.78, 5) is 0. The molecule has 20 heavy (non-hydrogen) atoms. The van der Waals surface area contributed by atoms with Crippen LogP contribution in [0.4, 0.5) is 5.82 Å². The lowest BCUT2D eigenvalue weighted by molar-refractivity contribution is 0.514. The summed E-state index contributed by atoms with van der Waals surface area (Å²) in [5.74, 6) is 1.10. The Balaban J connectivity index is 2.30. The Kier molecular flexibility index (Phi) is 4.91. The van der Waals surface area contributed by atoms with Gasteiger partial charge in [0.05, 0.1) is 5.69 Å². The van der Waals surface area contributed by atoms with Gasteiger partial charge in [-0.2, -0.15) is 10.4 Å². The molecule has 3 N–H and O–H groups in total. The third-order valence-electron chi connectivity index (χ3n) is 4.24. The summed E-state index contributed by atoms with van der Waals surface area (Å²) in [5, 5.41) is 21.4. The van der Waals surface area contributed by atoms with Gasteiger partial charge in [-0.3, -0.25) is 0 Å². The Hall–Kier alpha value is -1.67. The smallest absolute Gasteiger partial charge is 0.167 e. The van der Waals surface area contributed by atoms with E-state index in [-0.39, 0.29) is 0 Å². The van der Waals surface area contributed by atoms with E-state index in [4.69, 9.17) is 5.73 Å². The number of aromatic nitrogens is 2. The van der Waals surface area contributed by atoms with Gasteiger partial charge in [0.25, 0.3) is 0 Å². The molecule has 0 saturated heterocycles. The summed E-state index contributed by atoms with van der Waals surface area (Å²) in [5.41, 5.74) is 8.41. The molecule has 0 radical (unpaired) electrons. The monoisotopic (exact) mass is 273 g/mol. The molecule has 1 aromatic rings. The van der Waals surface area contributed by atoms with E-state index in [9.17, 15) is 5.26 Å². The van der Waals surface area contributed by atoms with Crippen molar-refractivity contribution in [3.63, 3.8) is 0 Å². The molecular weight excluding hydrogens is 250 g/mol. The number of hydrogen-bond acceptors (Lipinski definition) is 5. The van der Waals surface area contributed by atoms with E-state index in [1.165, 1.54) is 6.42 Å². The van der Waals surface area contributed by atoms with Crippen LogP contribution in [0.3, 0.4) is 0 Å². The Morgan fingerprint density at radius 2 is 2.10 bits per heavy atom. The van der Waals surface area contributed by atoms with E-state index in [0.29, 0.717) is 29.9 Å². The second-order valence-electron chi connectivity index (χ2n) is 5.35. The molecule has 1 saturated carbocycles. The number of hydrogen-bond donors (Lipinski definition) is 2. The van der Waals surface area contributed by atoms with E-state index in [1.807, 2.05) is 6.92 Å². The summed E-state index contributed by atoms with van der Waals surface area (Å²) in [6.07, 6.45) is 5.03. The van der Waals surface area contributed by atoms with Crippen molar-refractivity contribution in [2.45, 2.75) is 52.0 Å². The van der Waals surface area contributed by atoms with Crippen LogP contribution in [0.5, 0.6) is 0 Å². The summed E-state index contributed by atoms with van der Waals surface area (Å²) in [7, 11) is 0. The third kappa shape index (κ3) is 2.75. The van der Waals surface area contributed by atoms with Gasteiger partial charge in [0.15, 0.2) is 5.82 Å². The summed E-state index contributed by atoms with van der Waals surface area (Å²) in [6, 6.07) is 2.62. The van der Waals surface area contributed by atoms with E-state index in [2.05, 4.69) is 28.5 Å². The van der Waals surface area contributed by atoms with Crippen LogP contribution in [0.25, 0.3) is 0 Å². The minimum absolute atomic E-state index is 0.318. The molecule has 2 rings (SSSR count). The molecule has 0 aliphatic heterocycles. The van der Waals surface area contributed by atoms with E-state index in [0.717, 1.165) is 36.9 Å². The zero-order valence-electron chi connectivity index (χ0n) is 12.3. The standard InChI is InChI=1S/C15H23N5/c1-3-11-12(9-17)15(20-19-13(11)4-2)18-14-7-5-6-10(14)8-16/h10,14H,3-8,16H2,1-2H3,(H,18,20). The Bertz CT molecular complexity index is 506. The second-order valence-corrected chi connectivity index (χ2v) is 5.35. The maximum absolute atomic E-state index is 9.46. The van der Waals surface area contributed by atoms with Gasteiger partial charge in [-0.05, 0) is 43.7 Å². The maximum atomic E-state index is 9.46. The molecule has 2 atom stereocenters. The molecule has 2 unspecified atom stereocenters. The van der Waals surface area contributed by atoms with Gasteiger partial charge in [-0.25, -0.2) is 0 Å². The zero-order valence-corrected chi connectivity index (χ0v) is 12.3. The average molecular weight is 273 g/mol. The maximum Gasteiger partial charge on any atom is 0.167 e. The fourth-order valence-electron chi connectivity index (χ4n) is 3.08. The number of nitrogens with one attached hydrogen (secondary N) is 1. The summed E-state index contributed by atoms with van der Waals surface area (Å²) < 4.78 is 0. The molecular formula is C15H23N5. The van der Waals surface area contributed by atoms with Crippen LogP contribution in [-0.2, 0) is 12.8 Å². The molecule has 1 aliphatic rings. The van der Waals surface area contributed by atoms with Gasteiger partial charge in [0.1, 0.15) is 11.6 Å². The van der Waals surface area contributed by atoms with Crippen molar-refractivity contribution in [3.05, 3.63) is 16.8 Å². The van der Waals surface area contributed by atoms with E-state index < -0.39 is 0 Å². The molecule has 0 bridgehead atoms. The van der Waals surface area contributed by atoms with Gasteiger partial charge in [0, 0.05) is 6.04 Å². The Morgan fingerprint density at radius 3 is 2.70 bits per heavy atom. The lowest BCUT2D eigenvalue weighted by atomic mass is 10.0. The van der Waals surface area contributed by atoms with Crippen LogP contribution in [0, 0.1) is 17.2 Å². The van der Waals surface area contributed by atoms with Crippen molar-refractivity contribution in [3.8, 4) is 6.07 Å². The van der Waals surface area contributed by atoms with E-state index in [1.54, 1.807) is 0 Å². The molecule has 0 aromatic carbocycles. The van der Waals surface area contributed by atoms with Gasteiger partial charge < -0.3 is 11.1 Å². The highest BCUT2D eigenvalue weighted by Gasteiger charge is 2.27. The van der Waals surface area contributed by atoms with Crippen molar-refractivity contribution in [1.29, 1.82) is 5.26 Å².